The van der Waals surface area contributed by atoms with Crippen LogP contribution < -0.4 is 0 Å². The Labute approximate surface area is 114 Å². The van der Waals surface area contributed by atoms with E-state index in [1.807, 2.05) is 0 Å². The molecule has 20 heavy (non-hydrogen) atoms. The average molecular weight is 274 g/mol. The van der Waals surface area contributed by atoms with Gasteiger partial charge in [0.25, 0.3) is 0 Å². The number of carboxylic acid groups (broad SMARTS) is 1. The van der Waals surface area contributed by atoms with Crippen LogP contribution in [0.4, 0.5) is 4.39 Å². The number of esters is 1. The molecule has 0 aromatic heterocycles. The van der Waals surface area contributed by atoms with E-state index in [2.05, 4.69) is 4.74 Å². The number of carbonyl (C=O) groups is 2. The van der Waals surface area contributed by atoms with Crippen molar-refractivity contribution in [1.82, 2.24) is 0 Å². The summed E-state index contributed by atoms with van der Waals surface area (Å²) in [5.74, 6) is -2.37. The fraction of sp³-hybridized carbons (Fsp3) is 0.0667. The number of halogens is 1. The quantitative estimate of drug-likeness (QED) is 0.874. The van der Waals surface area contributed by atoms with Crippen LogP contribution in [0.3, 0.4) is 0 Å². The van der Waals surface area contributed by atoms with E-state index in [1.165, 1.54) is 43.5 Å². The van der Waals surface area contributed by atoms with Crippen LogP contribution in [0.5, 0.6) is 0 Å². The molecule has 0 amide bonds. The van der Waals surface area contributed by atoms with Crippen molar-refractivity contribution in [2.45, 2.75) is 0 Å². The predicted molar refractivity (Wildman–Crippen MR) is 70.1 cm³/mol. The zero-order valence-corrected chi connectivity index (χ0v) is 10.6. The fourth-order valence-electron chi connectivity index (χ4n) is 1.84. The lowest BCUT2D eigenvalue weighted by Gasteiger charge is -2.07. The van der Waals surface area contributed by atoms with Gasteiger partial charge in [0, 0.05) is 5.56 Å². The molecule has 1 N–H and O–H groups in total. The van der Waals surface area contributed by atoms with E-state index in [0.29, 0.717) is 5.56 Å². The Morgan fingerprint density at radius 2 is 1.75 bits per heavy atom. The second-order valence-electron chi connectivity index (χ2n) is 4.08. The van der Waals surface area contributed by atoms with E-state index >= 15 is 0 Å². The Morgan fingerprint density at radius 3 is 2.35 bits per heavy atom. The van der Waals surface area contributed by atoms with E-state index in [-0.39, 0.29) is 16.7 Å². The van der Waals surface area contributed by atoms with Gasteiger partial charge in [-0.15, -0.1) is 0 Å². The highest BCUT2D eigenvalue weighted by molar-refractivity contribution is 5.96. The molecule has 0 radical (unpaired) electrons. The van der Waals surface area contributed by atoms with Gasteiger partial charge < -0.3 is 9.84 Å². The van der Waals surface area contributed by atoms with E-state index in [9.17, 15) is 14.0 Å². The number of carboxylic acids is 1. The van der Waals surface area contributed by atoms with Crippen molar-refractivity contribution in [3.8, 4) is 11.1 Å². The van der Waals surface area contributed by atoms with Crippen molar-refractivity contribution < 1.29 is 23.8 Å². The van der Waals surface area contributed by atoms with Crippen LogP contribution in [-0.4, -0.2) is 24.2 Å². The van der Waals surface area contributed by atoms with E-state index in [4.69, 9.17) is 5.11 Å². The summed E-state index contributed by atoms with van der Waals surface area (Å²) in [6.07, 6.45) is 0. The van der Waals surface area contributed by atoms with Gasteiger partial charge in [0.15, 0.2) is 0 Å². The third-order valence-electron chi connectivity index (χ3n) is 2.79. The Balaban J connectivity index is 2.64. The van der Waals surface area contributed by atoms with E-state index in [0.717, 1.165) is 0 Å². The number of rotatable bonds is 3. The maximum Gasteiger partial charge on any atom is 0.337 e. The molecular formula is C15H11FO4. The molecule has 2 aromatic rings. The second-order valence-corrected chi connectivity index (χ2v) is 4.08. The topological polar surface area (TPSA) is 63.6 Å². The van der Waals surface area contributed by atoms with Crippen LogP contribution in [0, 0.1) is 5.82 Å². The monoisotopic (exact) mass is 274 g/mol. The van der Waals surface area contributed by atoms with Crippen LogP contribution >= 0.6 is 0 Å². The van der Waals surface area contributed by atoms with Gasteiger partial charge in [0.1, 0.15) is 5.82 Å². The second kappa shape index (κ2) is 5.52. The number of benzene rings is 2. The van der Waals surface area contributed by atoms with Crippen LogP contribution in [-0.2, 0) is 4.74 Å². The molecule has 0 bridgehead atoms. The van der Waals surface area contributed by atoms with Gasteiger partial charge in [-0.05, 0) is 29.8 Å². The summed E-state index contributed by atoms with van der Waals surface area (Å²) < 4.78 is 18.3. The van der Waals surface area contributed by atoms with E-state index in [1.54, 1.807) is 6.07 Å². The largest absolute Gasteiger partial charge is 0.478 e. The summed E-state index contributed by atoms with van der Waals surface area (Å²) in [6.45, 7) is 0. The van der Waals surface area contributed by atoms with Crippen molar-refractivity contribution in [3.63, 3.8) is 0 Å². The molecule has 0 aliphatic heterocycles. The van der Waals surface area contributed by atoms with Crippen molar-refractivity contribution >= 4 is 11.9 Å². The molecule has 2 aromatic carbocycles. The lowest BCUT2D eigenvalue weighted by Crippen LogP contribution is -2.05. The molecule has 4 nitrogen and oxygen atoms in total. The van der Waals surface area contributed by atoms with Gasteiger partial charge in [0.05, 0.1) is 18.2 Å². The summed E-state index contributed by atoms with van der Waals surface area (Å²) in [5, 5.41) is 9.06. The van der Waals surface area contributed by atoms with Crippen molar-refractivity contribution in [3.05, 3.63) is 59.4 Å². The standard InChI is InChI=1S/C15H11FO4/c1-20-15(19)11-7-9(6-10(8-11)14(17)18)12-4-2-3-5-13(12)16/h2-8H,1H3,(H,17,18). The summed E-state index contributed by atoms with van der Waals surface area (Å²) >= 11 is 0. The molecule has 0 spiro atoms. The van der Waals surface area contributed by atoms with E-state index < -0.39 is 17.8 Å². The maximum atomic E-state index is 13.8. The number of carbonyl (C=O) groups excluding carboxylic acids is 1. The summed E-state index contributed by atoms with van der Waals surface area (Å²) in [5.41, 5.74) is 0.487. The van der Waals surface area contributed by atoms with Gasteiger partial charge in [-0.1, -0.05) is 18.2 Å². The minimum atomic E-state index is -1.20. The number of hydrogen-bond acceptors (Lipinski definition) is 3. The molecule has 2 rings (SSSR count). The Bertz CT molecular complexity index is 679. The third kappa shape index (κ3) is 2.66. The molecule has 102 valence electrons. The van der Waals surface area contributed by atoms with Crippen LogP contribution in [0.1, 0.15) is 20.7 Å². The van der Waals surface area contributed by atoms with Gasteiger partial charge >= 0.3 is 11.9 Å². The van der Waals surface area contributed by atoms with Gasteiger partial charge in [0.2, 0.25) is 0 Å². The Kier molecular flexibility index (Phi) is 3.79. The fourth-order valence-corrected chi connectivity index (χ4v) is 1.84. The minimum absolute atomic E-state index is 0.0608. The highest BCUT2D eigenvalue weighted by atomic mass is 19.1. The summed E-state index contributed by atoms with van der Waals surface area (Å²) in [4.78, 5) is 22.6. The predicted octanol–water partition coefficient (Wildman–Crippen LogP) is 2.98. The summed E-state index contributed by atoms with van der Waals surface area (Å²) in [6, 6.07) is 9.84. The molecule has 0 heterocycles. The van der Waals surface area contributed by atoms with Crippen LogP contribution in [0.15, 0.2) is 42.5 Å². The number of methoxy groups -OCH3 is 1. The zero-order chi connectivity index (χ0) is 14.7. The molecular weight excluding hydrogens is 263 g/mol. The smallest absolute Gasteiger partial charge is 0.337 e. The molecule has 5 heteroatoms. The lowest BCUT2D eigenvalue weighted by molar-refractivity contribution is 0.0601. The first-order chi connectivity index (χ1) is 9.52. The lowest BCUT2D eigenvalue weighted by atomic mass is 9.99. The molecule has 0 unspecified atom stereocenters. The van der Waals surface area contributed by atoms with Crippen molar-refractivity contribution in [2.24, 2.45) is 0 Å². The summed E-state index contributed by atoms with van der Waals surface area (Å²) in [7, 11) is 1.19. The average Bonchev–Trinajstić information content (AvgIpc) is 2.46. The molecule has 0 aliphatic carbocycles. The first kappa shape index (κ1) is 13.7. The molecule has 0 fully saturated rings. The first-order valence-electron chi connectivity index (χ1n) is 5.74. The molecule has 0 atom stereocenters. The highest BCUT2D eigenvalue weighted by Crippen LogP contribution is 2.25. The molecule has 0 saturated heterocycles. The number of aromatic carboxylic acids is 1. The molecule has 0 saturated carbocycles. The van der Waals surface area contributed by atoms with Gasteiger partial charge in [-0.3, -0.25) is 0 Å². The highest BCUT2D eigenvalue weighted by Gasteiger charge is 2.14. The SMILES string of the molecule is COC(=O)c1cc(C(=O)O)cc(-c2ccccc2F)c1. The molecule has 0 aliphatic rings. The van der Waals surface area contributed by atoms with Gasteiger partial charge in [-0.2, -0.15) is 0 Å². The maximum absolute atomic E-state index is 13.8. The van der Waals surface area contributed by atoms with Crippen molar-refractivity contribution in [2.75, 3.05) is 7.11 Å². The van der Waals surface area contributed by atoms with Crippen LogP contribution in [0.2, 0.25) is 0 Å². The normalized spacial score (nSPS) is 10.1. The first-order valence-corrected chi connectivity index (χ1v) is 5.74. The minimum Gasteiger partial charge on any atom is -0.478 e. The Morgan fingerprint density at radius 1 is 1.10 bits per heavy atom. The zero-order valence-electron chi connectivity index (χ0n) is 10.6. The number of hydrogen-bond donors (Lipinski definition) is 1. The van der Waals surface area contributed by atoms with Crippen molar-refractivity contribution in [1.29, 1.82) is 0 Å². The van der Waals surface area contributed by atoms with Gasteiger partial charge in [-0.25, -0.2) is 14.0 Å². The third-order valence-corrected chi connectivity index (χ3v) is 2.79. The van der Waals surface area contributed by atoms with Crippen LogP contribution in [0.25, 0.3) is 11.1 Å². The Hall–Kier alpha value is -2.69. The number of ether oxygens (including phenoxy) is 1.